The average Bonchev–Trinajstić information content (AvgIpc) is 2.14. The van der Waals surface area contributed by atoms with Gasteiger partial charge in [-0.2, -0.15) is 0 Å². The fourth-order valence-electron chi connectivity index (χ4n) is 0.758. The molecular formula is C9H11ClN2O2. The second kappa shape index (κ2) is 4.93. The summed E-state index contributed by atoms with van der Waals surface area (Å²) < 4.78 is 0. The molecule has 0 bridgehead atoms. The van der Waals surface area contributed by atoms with Crippen LogP contribution in [0.5, 0.6) is 0 Å². The first-order valence-electron chi connectivity index (χ1n) is 4.18. The van der Waals surface area contributed by atoms with Crippen LogP contribution in [0.25, 0.3) is 0 Å². The van der Waals surface area contributed by atoms with Crippen molar-refractivity contribution in [3.8, 4) is 0 Å². The molecule has 0 aliphatic heterocycles. The van der Waals surface area contributed by atoms with Gasteiger partial charge in [-0.1, -0.05) is 17.7 Å². The van der Waals surface area contributed by atoms with Crippen LogP contribution in [0.2, 0.25) is 5.15 Å². The van der Waals surface area contributed by atoms with Gasteiger partial charge in [0.2, 0.25) is 0 Å². The Bertz CT molecular complexity index is 328. The molecule has 1 amide bonds. The summed E-state index contributed by atoms with van der Waals surface area (Å²) in [7, 11) is 0. The van der Waals surface area contributed by atoms with Crippen LogP contribution in [0.3, 0.4) is 0 Å². The van der Waals surface area contributed by atoms with Crippen molar-refractivity contribution >= 4 is 17.5 Å². The lowest BCUT2D eigenvalue weighted by atomic mass is 10.3. The Morgan fingerprint density at radius 3 is 2.86 bits per heavy atom. The van der Waals surface area contributed by atoms with Crippen molar-refractivity contribution in [2.24, 2.45) is 0 Å². The number of hydrogen-bond donors (Lipinski definition) is 1. The predicted molar refractivity (Wildman–Crippen MR) is 52.9 cm³/mol. The van der Waals surface area contributed by atoms with Crippen molar-refractivity contribution in [2.45, 2.75) is 20.0 Å². The fraction of sp³-hybridized carbons (Fsp3) is 0.333. The van der Waals surface area contributed by atoms with Crippen molar-refractivity contribution in [2.75, 3.05) is 0 Å². The Balaban J connectivity index is 2.61. The lowest BCUT2D eigenvalue weighted by Gasteiger charge is -2.07. The van der Waals surface area contributed by atoms with Crippen molar-refractivity contribution in [1.82, 2.24) is 10.5 Å². The smallest absolute Gasteiger partial charge is 0.271 e. The zero-order valence-corrected chi connectivity index (χ0v) is 8.71. The van der Waals surface area contributed by atoms with Crippen LogP contribution < -0.4 is 5.48 Å². The second-order valence-electron chi connectivity index (χ2n) is 2.94. The predicted octanol–water partition coefficient (Wildman–Crippen LogP) is 1.80. The van der Waals surface area contributed by atoms with E-state index in [0.717, 1.165) is 0 Å². The van der Waals surface area contributed by atoms with E-state index in [-0.39, 0.29) is 17.0 Å². The maximum atomic E-state index is 11.3. The molecule has 0 saturated carbocycles. The molecule has 5 heteroatoms. The molecule has 0 unspecified atom stereocenters. The van der Waals surface area contributed by atoms with Crippen LogP contribution in [-0.2, 0) is 4.84 Å². The molecule has 0 atom stereocenters. The number of nitrogens with one attached hydrogen (secondary N) is 1. The molecule has 0 aromatic carbocycles. The number of nitrogens with zero attached hydrogens (tertiary/aromatic N) is 1. The Morgan fingerprint density at radius 2 is 2.29 bits per heavy atom. The molecule has 14 heavy (non-hydrogen) atoms. The van der Waals surface area contributed by atoms with Gasteiger partial charge in [0.15, 0.2) is 0 Å². The van der Waals surface area contributed by atoms with Crippen molar-refractivity contribution in [3.05, 3.63) is 29.0 Å². The van der Waals surface area contributed by atoms with Crippen LogP contribution in [-0.4, -0.2) is 17.0 Å². The summed E-state index contributed by atoms with van der Waals surface area (Å²) in [6.07, 6.45) is -0.0712. The topological polar surface area (TPSA) is 51.2 Å². The summed E-state index contributed by atoms with van der Waals surface area (Å²) in [6.45, 7) is 3.62. The number of hydrogen-bond acceptors (Lipinski definition) is 3. The molecule has 1 N–H and O–H groups in total. The molecular weight excluding hydrogens is 204 g/mol. The van der Waals surface area contributed by atoms with E-state index in [4.69, 9.17) is 16.4 Å². The van der Waals surface area contributed by atoms with Gasteiger partial charge in [-0.15, -0.1) is 0 Å². The molecule has 1 rings (SSSR count). The van der Waals surface area contributed by atoms with Crippen LogP contribution in [0.4, 0.5) is 0 Å². The molecule has 0 saturated heterocycles. The van der Waals surface area contributed by atoms with Crippen LogP contribution >= 0.6 is 11.6 Å². The maximum absolute atomic E-state index is 11.3. The van der Waals surface area contributed by atoms with Crippen molar-refractivity contribution < 1.29 is 9.63 Å². The van der Waals surface area contributed by atoms with E-state index in [1.54, 1.807) is 18.2 Å². The number of aromatic nitrogens is 1. The van der Waals surface area contributed by atoms with Gasteiger partial charge in [0.25, 0.3) is 5.91 Å². The Hall–Kier alpha value is -1.13. The van der Waals surface area contributed by atoms with Crippen LogP contribution in [0, 0.1) is 0 Å². The quantitative estimate of drug-likeness (QED) is 0.617. The van der Waals surface area contributed by atoms with E-state index in [1.165, 1.54) is 0 Å². The van der Waals surface area contributed by atoms with Crippen molar-refractivity contribution in [3.63, 3.8) is 0 Å². The zero-order chi connectivity index (χ0) is 10.6. The third kappa shape index (κ3) is 3.32. The third-order valence-corrected chi connectivity index (χ3v) is 1.55. The number of pyridine rings is 1. The van der Waals surface area contributed by atoms with Gasteiger partial charge in [-0.3, -0.25) is 9.63 Å². The van der Waals surface area contributed by atoms with Crippen LogP contribution in [0.1, 0.15) is 24.3 Å². The number of carbonyl (C=O) groups is 1. The summed E-state index contributed by atoms with van der Waals surface area (Å²) in [5.41, 5.74) is 2.50. The summed E-state index contributed by atoms with van der Waals surface area (Å²) in [5.74, 6) is -0.402. The number of amides is 1. The fourth-order valence-corrected chi connectivity index (χ4v) is 0.922. The lowest BCUT2D eigenvalue weighted by molar-refractivity contribution is -0.000134. The molecule has 76 valence electrons. The molecule has 0 fully saturated rings. The highest BCUT2D eigenvalue weighted by molar-refractivity contribution is 6.29. The Labute approximate surface area is 87.2 Å². The molecule has 0 spiro atoms. The first-order chi connectivity index (χ1) is 6.59. The number of hydroxylamine groups is 1. The minimum absolute atomic E-state index is 0.0712. The van der Waals surface area contributed by atoms with Gasteiger partial charge in [0, 0.05) is 0 Å². The Kier molecular flexibility index (Phi) is 3.85. The maximum Gasteiger partial charge on any atom is 0.293 e. The first kappa shape index (κ1) is 10.9. The van der Waals surface area contributed by atoms with Gasteiger partial charge in [0.1, 0.15) is 10.8 Å². The van der Waals surface area contributed by atoms with E-state index in [9.17, 15) is 4.79 Å². The van der Waals surface area contributed by atoms with E-state index in [0.29, 0.717) is 0 Å². The normalized spacial score (nSPS) is 10.3. The largest absolute Gasteiger partial charge is 0.293 e. The van der Waals surface area contributed by atoms with E-state index >= 15 is 0 Å². The summed E-state index contributed by atoms with van der Waals surface area (Å²) in [6, 6.07) is 4.81. The average molecular weight is 215 g/mol. The van der Waals surface area contributed by atoms with E-state index in [2.05, 4.69) is 10.5 Å². The molecule has 0 aliphatic carbocycles. The highest BCUT2D eigenvalue weighted by Gasteiger charge is 2.07. The van der Waals surface area contributed by atoms with E-state index in [1.807, 2.05) is 13.8 Å². The highest BCUT2D eigenvalue weighted by atomic mass is 35.5. The van der Waals surface area contributed by atoms with E-state index < -0.39 is 5.91 Å². The van der Waals surface area contributed by atoms with Gasteiger partial charge in [-0.05, 0) is 26.0 Å². The molecule has 1 aromatic rings. The minimum atomic E-state index is -0.402. The van der Waals surface area contributed by atoms with Gasteiger partial charge in [-0.25, -0.2) is 10.5 Å². The Morgan fingerprint density at radius 1 is 1.57 bits per heavy atom. The second-order valence-corrected chi connectivity index (χ2v) is 3.33. The van der Waals surface area contributed by atoms with Gasteiger partial charge >= 0.3 is 0 Å². The first-order valence-corrected chi connectivity index (χ1v) is 4.56. The molecule has 1 aromatic heterocycles. The third-order valence-electron chi connectivity index (χ3n) is 1.34. The molecule has 4 nitrogen and oxygen atoms in total. The number of halogens is 1. The van der Waals surface area contributed by atoms with Crippen molar-refractivity contribution in [1.29, 1.82) is 0 Å². The molecule has 0 aliphatic rings. The standard InChI is InChI=1S/C9H11ClN2O2/c1-6(2)14-12-9(13)7-4-3-5-8(10)11-7/h3-6H,1-2H3,(H,12,13). The van der Waals surface area contributed by atoms with Crippen LogP contribution in [0.15, 0.2) is 18.2 Å². The number of carbonyl (C=O) groups excluding carboxylic acids is 1. The van der Waals surface area contributed by atoms with Gasteiger partial charge < -0.3 is 0 Å². The number of rotatable bonds is 3. The molecule has 1 heterocycles. The van der Waals surface area contributed by atoms with Gasteiger partial charge in [0.05, 0.1) is 6.10 Å². The zero-order valence-electron chi connectivity index (χ0n) is 7.95. The summed E-state index contributed by atoms with van der Waals surface area (Å²) in [4.78, 5) is 20.1. The minimum Gasteiger partial charge on any atom is -0.271 e. The summed E-state index contributed by atoms with van der Waals surface area (Å²) >= 11 is 5.62. The molecule has 0 radical (unpaired) electrons. The SMILES string of the molecule is CC(C)ONC(=O)c1cccc(Cl)n1. The highest BCUT2D eigenvalue weighted by Crippen LogP contribution is 2.04. The monoisotopic (exact) mass is 214 g/mol. The lowest BCUT2D eigenvalue weighted by Crippen LogP contribution is -2.27. The summed E-state index contributed by atoms with van der Waals surface area (Å²) in [5, 5.41) is 0.280.